The lowest BCUT2D eigenvalue weighted by Crippen LogP contribution is -2.53. The van der Waals surface area contributed by atoms with Crippen molar-refractivity contribution in [1.82, 2.24) is 5.32 Å². The van der Waals surface area contributed by atoms with Crippen molar-refractivity contribution in [2.75, 3.05) is 0 Å². The molecule has 0 aliphatic heterocycles. The molecule has 1 fully saturated rings. The van der Waals surface area contributed by atoms with Gasteiger partial charge in [-0.2, -0.15) is 22.0 Å². The van der Waals surface area contributed by atoms with Crippen LogP contribution in [0.4, 0.5) is 22.0 Å². The van der Waals surface area contributed by atoms with Crippen LogP contribution in [0.1, 0.15) is 32.6 Å². The molecule has 0 aromatic carbocycles. The minimum absolute atomic E-state index is 0.0111. The molecule has 0 aromatic rings. The lowest BCUT2D eigenvalue weighted by atomic mass is 9.99. The van der Waals surface area contributed by atoms with Crippen LogP contribution in [0.3, 0.4) is 0 Å². The van der Waals surface area contributed by atoms with Gasteiger partial charge in [0.15, 0.2) is 0 Å². The van der Waals surface area contributed by atoms with E-state index in [4.69, 9.17) is 0 Å². The first-order chi connectivity index (χ1) is 7.66. The van der Waals surface area contributed by atoms with Gasteiger partial charge in [-0.05, 0) is 25.7 Å². The molecule has 0 heterocycles. The van der Waals surface area contributed by atoms with Crippen molar-refractivity contribution < 1.29 is 26.7 Å². The molecule has 17 heavy (non-hydrogen) atoms. The van der Waals surface area contributed by atoms with Crippen LogP contribution in [0.25, 0.3) is 0 Å². The number of hydrogen-bond acceptors (Lipinski definition) is 1. The minimum atomic E-state index is -5.84. The molecule has 0 radical (unpaired) electrons. The van der Waals surface area contributed by atoms with E-state index in [2.05, 4.69) is 0 Å². The first-order valence-corrected chi connectivity index (χ1v) is 5.41. The highest BCUT2D eigenvalue weighted by Crippen LogP contribution is 2.36. The molecule has 1 amide bonds. The highest BCUT2D eigenvalue weighted by atomic mass is 19.4. The summed E-state index contributed by atoms with van der Waals surface area (Å²) in [4.78, 5) is 10.9. The Morgan fingerprint density at radius 1 is 1.18 bits per heavy atom. The molecule has 1 N–H and O–H groups in total. The summed E-state index contributed by atoms with van der Waals surface area (Å²) in [6, 6.07) is -0.654. The maximum Gasteiger partial charge on any atom is 0.463 e. The summed E-state index contributed by atoms with van der Waals surface area (Å²) in [6.07, 6.45) is -2.51. The van der Waals surface area contributed by atoms with Crippen molar-refractivity contribution in [3.8, 4) is 0 Å². The van der Waals surface area contributed by atoms with E-state index >= 15 is 0 Å². The molecule has 1 unspecified atom stereocenters. The van der Waals surface area contributed by atoms with Gasteiger partial charge in [0.2, 0.25) is 0 Å². The van der Waals surface area contributed by atoms with E-state index in [1.54, 1.807) is 5.32 Å². The molecule has 0 aromatic heterocycles. The fourth-order valence-electron chi connectivity index (χ4n) is 2.00. The third-order valence-electron chi connectivity index (χ3n) is 3.11. The van der Waals surface area contributed by atoms with Crippen LogP contribution in [0.15, 0.2) is 0 Å². The predicted molar refractivity (Wildman–Crippen MR) is 50.6 cm³/mol. The maximum absolute atomic E-state index is 12.6. The predicted octanol–water partition coefficient (Wildman–Crippen LogP) is 2.88. The van der Waals surface area contributed by atoms with Gasteiger partial charge in [0.25, 0.3) is 0 Å². The van der Waals surface area contributed by atoms with Gasteiger partial charge in [-0.15, -0.1) is 0 Å². The minimum Gasteiger partial charge on any atom is -0.348 e. The molecule has 0 saturated heterocycles. The zero-order valence-corrected chi connectivity index (χ0v) is 9.28. The Labute approximate surface area is 95.6 Å². The zero-order valence-electron chi connectivity index (χ0n) is 9.28. The molecule has 1 atom stereocenters. The number of halogens is 5. The number of rotatable bonds is 3. The van der Waals surface area contributed by atoms with Crippen LogP contribution in [-0.4, -0.2) is 24.0 Å². The largest absolute Gasteiger partial charge is 0.463 e. The standard InChI is InChI=1S/C10H14F5NO/c1-6(7-4-2-3-5-7)16-8(17)9(11,12)10(13,14)15/h6-7H,2-5H2,1H3,(H,16,17). The second-order valence-electron chi connectivity index (χ2n) is 4.38. The Balaban J connectivity index is 2.59. The van der Waals surface area contributed by atoms with E-state index in [1.165, 1.54) is 6.92 Å². The average Bonchev–Trinajstić information content (AvgIpc) is 2.68. The number of alkyl halides is 5. The molecule has 2 nitrogen and oxygen atoms in total. The maximum atomic E-state index is 12.6. The average molecular weight is 259 g/mol. The first kappa shape index (κ1) is 14.2. The number of hydrogen-bond donors (Lipinski definition) is 1. The van der Waals surface area contributed by atoms with Crippen molar-refractivity contribution >= 4 is 5.91 Å². The first-order valence-electron chi connectivity index (χ1n) is 5.41. The monoisotopic (exact) mass is 259 g/mol. The fraction of sp³-hybridized carbons (Fsp3) is 0.900. The smallest absolute Gasteiger partial charge is 0.348 e. The number of carbonyl (C=O) groups is 1. The van der Waals surface area contributed by atoms with Crippen LogP contribution in [0.5, 0.6) is 0 Å². The quantitative estimate of drug-likeness (QED) is 0.776. The summed E-state index contributed by atoms with van der Waals surface area (Å²) in [5, 5.41) is 1.76. The Morgan fingerprint density at radius 2 is 1.65 bits per heavy atom. The summed E-state index contributed by atoms with van der Waals surface area (Å²) < 4.78 is 61.0. The van der Waals surface area contributed by atoms with Crippen molar-refractivity contribution in [3.63, 3.8) is 0 Å². The van der Waals surface area contributed by atoms with Gasteiger partial charge < -0.3 is 5.32 Å². The van der Waals surface area contributed by atoms with Gasteiger partial charge in [0.1, 0.15) is 0 Å². The third kappa shape index (κ3) is 3.07. The normalized spacial score (nSPS) is 20.4. The molecule has 0 spiro atoms. The van der Waals surface area contributed by atoms with E-state index in [-0.39, 0.29) is 5.92 Å². The van der Waals surface area contributed by atoms with E-state index in [9.17, 15) is 26.7 Å². The SMILES string of the molecule is CC(NC(=O)C(F)(F)C(F)(F)F)C1CCCC1. The molecular weight excluding hydrogens is 245 g/mol. The van der Waals surface area contributed by atoms with Crippen LogP contribution >= 0.6 is 0 Å². The number of amides is 1. The number of nitrogens with one attached hydrogen (secondary N) is 1. The Kier molecular flexibility index (Phi) is 3.99. The molecule has 1 saturated carbocycles. The fourth-order valence-corrected chi connectivity index (χ4v) is 2.00. The molecule has 0 bridgehead atoms. The van der Waals surface area contributed by atoms with Crippen molar-refractivity contribution in [1.29, 1.82) is 0 Å². The van der Waals surface area contributed by atoms with Gasteiger partial charge in [0, 0.05) is 6.04 Å². The molecule has 100 valence electrons. The molecule has 1 rings (SSSR count). The molecule has 7 heteroatoms. The Bertz CT molecular complexity index is 283. The van der Waals surface area contributed by atoms with Gasteiger partial charge >= 0.3 is 18.0 Å². The van der Waals surface area contributed by atoms with E-state index in [1.807, 2.05) is 0 Å². The summed E-state index contributed by atoms with van der Waals surface area (Å²) in [7, 11) is 0. The van der Waals surface area contributed by atoms with Crippen LogP contribution in [0, 0.1) is 5.92 Å². The van der Waals surface area contributed by atoms with Crippen molar-refractivity contribution in [2.45, 2.75) is 50.7 Å². The summed E-state index contributed by atoms with van der Waals surface area (Å²) in [6.45, 7) is 1.46. The Hall–Kier alpha value is -0.880. The van der Waals surface area contributed by atoms with E-state index in [0.717, 1.165) is 25.7 Å². The second kappa shape index (κ2) is 4.78. The highest BCUT2D eigenvalue weighted by Gasteiger charge is 2.63. The second-order valence-corrected chi connectivity index (χ2v) is 4.38. The van der Waals surface area contributed by atoms with Crippen LogP contribution in [-0.2, 0) is 4.79 Å². The number of carbonyl (C=O) groups excluding carboxylic acids is 1. The zero-order chi connectivity index (χ0) is 13.3. The van der Waals surface area contributed by atoms with Crippen LogP contribution < -0.4 is 5.32 Å². The van der Waals surface area contributed by atoms with Gasteiger partial charge in [-0.3, -0.25) is 4.79 Å². The molecular formula is C10H14F5NO. The van der Waals surface area contributed by atoms with Gasteiger partial charge in [0.05, 0.1) is 0 Å². The summed E-state index contributed by atoms with van der Waals surface area (Å²) >= 11 is 0. The highest BCUT2D eigenvalue weighted by molar-refractivity contribution is 5.84. The van der Waals surface area contributed by atoms with E-state index in [0.29, 0.717) is 0 Å². The third-order valence-corrected chi connectivity index (χ3v) is 3.11. The van der Waals surface area contributed by atoms with Gasteiger partial charge in [-0.1, -0.05) is 12.8 Å². The van der Waals surface area contributed by atoms with Crippen molar-refractivity contribution in [3.05, 3.63) is 0 Å². The molecule has 1 aliphatic carbocycles. The summed E-state index contributed by atoms with van der Waals surface area (Å²) in [5.74, 6) is -7.59. The van der Waals surface area contributed by atoms with Gasteiger partial charge in [-0.25, -0.2) is 0 Å². The Morgan fingerprint density at radius 3 is 2.06 bits per heavy atom. The van der Waals surface area contributed by atoms with Crippen molar-refractivity contribution in [2.24, 2.45) is 5.92 Å². The summed E-state index contributed by atoms with van der Waals surface area (Å²) in [5.41, 5.74) is 0. The lowest BCUT2D eigenvalue weighted by molar-refractivity contribution is -0.270. The van der Waals surface area contributed by atoms with Crippen LogP contribution in [0.2, 0.25) is 0 Å². The topological polar surface area (TPSA) is 29.1 Å². The van der Waals surface area contributed by atoms with E-state index < -0.39 is 24.0 Å². The molecule has 1 aliphatic rings. The lowest BCUT2D eigenvalue weighted by Gasteiger charge is -2.24.